The Morgan fingerprint density at radius 2 is 2.20 bits per heavy atom. The van der Waals surface area contributed by atoms with E-state index in [1.54, 1.807) is 42.7 Å². The van der Waals surface area contributed by atoms with Gasteiger partial charge in [-0.25, -0.2) is 0 Å². The van der Waals surface area contributed by atoms with Crippen LogP contribution >= 0.6 is 38.9 Å². The summed E-state index contributed by atoms with van der Waals surface area (Å²) in [6, 6.07) is 8.96. The number of carbonyl (C=O) groups is 1. The van der Waals surface area contributed by atoms with Crippen molar-refractivity contribution in [3.8, 4) is 5.75 Å². The second kappa shape index (κ2) is 6.92. The summed E-state index contributed by atoms with van der Waals surface area (Å²) >= 11 is 10.9. The first kappa shape index (κ1) is 15.1. The van der Waals surface area contributed by atoms with Crippen molar-refractivity contribution in [1.29, 1.82) is 0 Å². The number of benzene rings is 1. The molecule has 1 N–H and O–H groups in total. The van der Waals surface area contributed by atoms with Gasteiger partial charge in [0.2, 0.25) is 5.91 Å². The van der Waals surface area contributed by atoms with E-state index in [4.69, 9.17) is 16.3 Å². The second-order valence-corrected chi connectivity index (χ2v) is 6.72. The molecule has 0 aliphatic heterocycles. The van der Waals surface area contributed by atoms with Gasteiger partial charge in [0.25, 0.3) is 0 Å². The first-order valence-electron chi connectivity index (χ1n) is 5.66. The lowest BCUT2D eigenvalue weighted by Gasteiger charge is -2.06. The molecule has 0 saturated heterocycles. The maximum atomic E-state index is 11.8. The molecule has 2 aromatic rings. The van der Waals surface area contributed by atoms with Gasteiger partial charge in [-0.05, 0) is 52.3 Å². The number of thiophene rings is 1. The smallest absolute Gasteiger partial charge is 0.248 e. The summed E-state index contributed by atoms with van der Waals surface area (Å²) in [6.07, 6.45) is 3.24. The SMILES string of the molecule is COc1ccc(NC(=O)/C=C/c2ccc(Br)s2)cc1Cl. The zero-order valence-electron chi connectivity index (χ0n) is 10.5. The van der Waals surface area contributed by atoms with Crippen molar-refractivity contribution in [2.75, 3.05) is 12.4 Å². The number of ether oxygens (including phenoxy) is 1. The van der Waals surface area contributed by atoms with Crippen LogP contribution < -0.4 is 10.1 Å². The van der Waals surface area contributed by atoms with Crippen LogP contribution in [0, 0.1) is 0 Å². The normalized spacial score (nSPS) is 10.8. The topological polar surface area (TPSA) is 38.3 Å². The molecule has 0 atom stereocenters. The Hall–Kier alpha value is -1.30. The summed E-state index contributed by atoms with van der Waals surface area (Å²) in [5.41, 5.74) is 0.623. The largest absolute Gasteiger partial charge is 0.495 e. The highest BCUT2D eigenvalue weighted by molar-refractivity contribution is 9.11. The highest BCUT2D eigenvalue weighted by Crippen LogP contribution is 2.27. The fourth-order valence-corrected chi connectivity index (χ4v) is 3.09. The van der Waals surface area contributed by atoms with Gasteiger partial charge in [0, 0.05) is 16.6 Å². The maximum absolute atomic E-state index is 11.8. The summed E-state index contributed by atoms with van der Waals surface area (Å²) in [4.78, 5) is 12.8. The second-order valence-electron chi connectivity index (χ2n) is 3.81. The third-order valence-corrected chi connectivity index (χ3v) is 4.30. The molecule has 0 aliphatic carbocycles. The van der Waals surface area contributed by atoms with Gasteiger partial charge in [-0.1, -0.05) is 11.6 Å². The predicted octanol–water partition coefficient (Wildman–Crippen LogP) is 4.82. The zero-order valence-corrected chi connectivity index (χ0v) is 13.7. The van der Waals surface area contributed by atoms with Gasteiger partial charge in [-0.15, -0.1) is 11.3 Å². The molecule has 0 bridgehead atoms. The number of carbonyl (C=O) groups excluding carboxylic acids is 1. The fourth-order valence-electron chi connectivity index (χ4n) is 1.50. The number of amides is 1. The van der Waals surface area contributed by atoms with E-state index in [1.807, 2.05) is 12.1 Å². The van der Waals surface area contributed by atoms with Gasteiger partial charge in [0.1, 0.15) is 5.75 Å². The van der Waals surface area contributed by atoms with E-state index < -0.39 is 0 Å². The molecule has 0 fully saturated rings. The lowest BCUT2D eigenvalue weighted by atomic mass is 10.3. The van der Waals surface area contributed by atoms with Gasteiger partial charge >= 0.3 is 0 Å². The van der Waals surface area contributed by atoms with Crippen molar-refractivity contribution in [1.82, 2.24) is 0 Å². The zero-order chi connectivity index (χ0) is 14.5. The Balaban J connectivity index is 2.01. The summed E-state index contributed by atoms with van der Waals surface area (Å²) in [7, 11) is 1.54. The monoisotopic (exact) mass is 371 g/mol. The standard InChI is InChI=1S/C14H11BrClNO2S/c1-19-12-5-2-9(8-11(12)16)17-14(18)7-4-10-3-6-13(15)20-10/h2-8H,1H3,(H,17,18)/b7-4+. The van der Waals surface area contributed by atoms with Crippen LogP contribution in [0.5, 0.6) is 5.75 Å². The molecule has 2 rings (SSSR count). The predicted molar refractivity (Wildman–Crippen MR) is 87.7 cm³/mol. The quantitative estimate of drug-likeness (QED) is 0.781. The van der Waals surface area contributed by atoms with Crippen LogP contribution in [0.15, 0.2) is 40.2 Å². The Morgan fingerprint density at radius 3 is 2.80 bits per heavy atom. The highest BCUT2D eigenvalue weighted by atomic mass is 79.9. The molecule has 1 aromatic carbocycles. The van der Waals surface area contributed by atoms with Gasteiger partial charge in [0.05, 0.1) is 15.9 Å². The molecular formula is C14H11BrClNO2S. The van der Waals surface area contributed by atoms with Crippen LogP contribution in [0.2, 0.25) is 5.02 Å². The average Bonchev–Trinajstić information content (AvgIpc) is 2.82. The lowest BCUT2D eigenvalue weighted by Crippen LogP contribution is -2.07. The Labute approximate surface area is 134 Å². The lowest BCUT2D eigenvalue weighted by molar-refractivity contribution is -0.111. The molecule has 0 radical (unpaired) electrons. The molecule has 0 saturated carbocycles. The number of halogens is 2. The number of methoxy groups -OCH3 is 1. The molecular weight excluding hydrogens is 362 g/mol. The van der Waals surface area contributed by atoms with Crippen molar-refractivity contribution in [3.63, 3.8) is 0 Å². The van der Waals surface area contributed by atoms with Crippen LogP contribution in [0.3, 0.4) is 0 Å². The van der Waals surface area contributed by atoms with Crippen LogP contribution in [-0.4, -0.2) is 13.0 Å². The summed E-state index contributed by atoms with van der Waals surface area (Å²) in [6.45, 7) is 0. The van der Waals surface area contributed by atoms with Crippen LogP contribution in [0.4, 0.5) is 5.69 Å². The number of rotatable bonds is 4. The molecule has 6 heteroatoms. The Bertz CT molecular complexity index is 654. The minimum Gasteiger partial charge on any atom is -0.495 e. The van der Waals surface area contributed by atoms with Crippen molar-refractivity contribution >= 4 is 56.5 Å². The van der Waals surface area contributed by atoms with Crippen molar-refractivity contribution in [3.05, 3.63) is 50.1 Å². The first-order valence-corrected chi connectivity index (χ1v) is 7.65. The third kappa shape index (κ3) is 4.10. The van der Waals surface area contributed by atoms with E-state index in [0.29, 0.717) is 16.5 Å². The molecule has 1 amide bonds. The van der Waals surface area contributed by atoms with Gasteiger partial charge < -0.3 is 10.1 Å². The number of hydrogen-bond donors (Lipinski definition) is 1. The van der Waals surface area contributed by atoms with Gasteiger partial charge in [0.15, 0.2) is 0 Å². The minimum atomic E-state index is -0.212. The van der Waals surface area contributed by atoms with Crippen molar-refractivity contribution in [2.24, 2.45) is 0 Å². The molecule has 104 valence electrons. The van der Waals surface area contributed by atoms with E-state index in [9.17, 15) is 4.79 Å². The third-order valence-electron chi connectivity index (χ3n) is 2.41. The number of hydrogen-bond acceptors (Lipinski definition) is 3. The van der Waals surface area contributed by atoms with Crippen molar-refractivity contribution in [2.45, 2.75) is 0 Å². The molecule has 0 aliphatic rings. The first-order chi connectivity index (χ1) is 9.58. The molecule has 1 aromatic heterocycles. The average molecular weight is 373 g/mol. The van der Waals surface area contributed by atoms with E-state index in [-0.39, 0.29) is 5.91 Å². The number of anilines is 1. The summed E-state index contributed by atoms with van der Waals surface area (Å²) in [5, 5.41) is 3.19. The van der Waals surface area contributed by atoms with Gasteiger partial charge in [-0.2, -0.15) is 0 Å². The van der Waals surface area contributed by atoms with Crippen LogP contribution in [0.1, 0.15) is 4.88 Å². The molecule has 3 nitrogen and oxygen atoms in total. The Kier molecular flexibility index (Phi) is 5.23. The van der Waals surface area contributed by atoms with Crippen LogP contribution in [0.25, 0.3) is 6.08 Å². The minimum absolute atomic E-state index is 0.212. The van der Waals surface area contributed by atoms with Crippen molar-refractivity contribution < 1.29 is 9.53 Å². The molecule has 0 spiro atoms. The van der Waals surface area contributed by atoms with Crippen LogP contribution in [-0.2, 0) is 4.79 Å². The number of nitrogens with one attached hydrogen (secondary N) is 1. The molecule has 0 unspecified atom stereocenters. The van der Waals surface area contributed by atoms with E-state index in [1.165, 1.54) is 6.08 Å². The van der Waals surface area contributed by atoms with E-state index >= 15 is 0 Å². The van der Waals surface area contributed by atoms with E-state index in [0.717, 1.165) is 8.66 Å². The Morgan fingerprint density at radius 1 is 1.40 bits per heavy atom. The summed E-state index contributed by atoms with van der Waals surface area (Å²) in [5.74, 6) is 0.361. The van der Waals surface area contributed by atoms with Gasteiger partial charge in [-0.3, -0.25) is 4.79 Å². The molecule has 20 heavy (non-hydrogen) atoms. The maximum Gasteiger partial charge on any atom is 0.248 e. The fraction of sp³-hybridized carbons (Fsp3) is 0.0714. The highest BCUT2D eigenvalue weighted by Gasteiger charge is 2.03. The van der Waals surface area contributed by atoms with E-state index in [2.05, 4.69) is 21.2 Å². The molecule has 1 heterocycles. The summed E-state index contributed by atoms with van der Waals surface area (Å²) < 4.78 is 6.08.